The molecule has 0 radical (unpaired) electrons. The Hall–Kier alpha value is -7.86. The number of furan rings is 1. The summed E-state index contributed by atoms with van der Waals surface area (Å²) in [6, 6.07) is 75.8. The highest BCUT2D eigenvalue weighted by molar-refractivity contribution is 6.20. The Labute approximate surface area is 518 Å². The Morgan fingerprint density at radius 3 is 1.40 bits per heavy atom. The van der Waals surface area contributed by atoms with Crippen LogP contribution in [0.15, 0.2) is 211 Å². The van der Waals surface area contributed by atoms with Gasteiger partial charge in [-0.3, -0.25) is 0 Å². The summed E-state index contributed by atoms with van der Waals surface area (Å²) in [4.78, 5) is 4.83. The predicted octanol–water partition coefficient (Wildman–Crippen LogP) is 19.1. The standard InChI is InChI=1S/C79H80N2O7/c1-3-77(53-86-54-77)51-84-45-21-7-19-43-82-49-57-33-37-61(38-34-57)80(59-23-9-5-10-24-59)63-41-42-66-70(47-63)79(68-30-16-13-27-64(68)65-28-14-17-31-69(65)79)71-48-72(75-67-29-15-18-32-73(67)88-76(75)74(66)71)81(60-25-11-6-12-26-60)62-39-35-58(36-40-62)50-83-44-20-8-22-46-85-52-78(4-2)55-87-56-78/h5-6,9-18,23-42,47-48H,3-4,7-8,19-22,43-46,49-56H2,1-2H3. The van der Waals surface area contributed by atoms with Gasteiger partial charge in [0.1, 0.15) is 11.2 Å². The monoisotopic (exact) mass is 1170 g/mol. The lowest BCUT2D eigenvalue weighted by molar-refractivity contribution is -0.150. The average molecular weight is 1170 g/mol. The number of benzene rings is 9. The van der Waals surface area contributed by atoms with Crippen LogP contribution in [0.3, 0.4) is 0 Å². The van der Waals surface area contributed by atoms with Crippen molar-refractivity contribution in [2.45, 2.75) is 83.8 Å². The van der Waals surface area contributed by atoms with Crippen molar-refractivity contribution in [1.29, 1.82) is 0 Å². The van der Waals surface area contributed by atoms with E-state index in [4.69, 9.17) is 32.8 Å². The third-order valence-corrected chi connectivity index (χ3v) is 19.2. The zero-order chi connectivity index (χ0) is 59.3. The summed E-state index contributed by atoms with van der Waals surface area (Å²) in [6.07, 6.45) is 8.48. The minimum Gasteiger partial charge on any atom is -0.455 e. The molecule has 88 heavy (non-hydrogen) atoms. The quantitative estimate of drug-likeness (QED) is 0.0446. The van der Waals surface area contributed by atoms with Crippen LogP contribution in [-0.2, 0) is 47.0 Å². The number of hydrogen-bond donors (Lipinski definition) is 0. The third kappa shape index (κ3) is 10.9. The summed E-state index contributed by atoms with van der Waals surface area (Å²) < 4.78 is 43.0. The van der Waals surface area contributed by atoms with E-state index in [0.29, 0.717) is 19.8 Å². The molecule has 0 N–H and O–H groups in total. The lowest BCUT2D eigenvalue weighted by Gasteiger charge is -2.40. The van der Waals surface area contributed by atoms with Crippen molar-refractivity contribution in [3.05, 3.63) is 240 Å². The van der Waals surface area contributed by atoms with Crippen LogP contribution in [0.4, 0.5) is 34.1 Å². The van der Waals surface area contributed by atoms with Gasteiger partial charge >= 0.3 is 0 Å². The van der Waals surface area contributed by atoms with E-state index >= 15 is 0 Å². The van der Waals surface area contributed by atoms with Crippen LogP contribution in [0.2, 0.25) is 0 Å². The van der Waals surface area contributed by atoms with E-state index in [9.17, 15) is 0 Å². The van der Waals surface area contributed by atoms with Crippen LogP contribution in [0.25, 0.3) is 44.2 Å². The maximum absolute atomic E-state index is 7.35. The maximum atomic E-state index is 7.35. The summed E-state index contributed by atoms with van der Waals surface area (Å²) in [5.41, 5.74) is 19.9. The molecule has 14 rings (SSSR count). The number of fused-ring (bicyclic) bond motifs is 14. The molecular formula is C79H80N2O7. The Morgan fingerprint density at radius 1 is 0.398 bits per heavy atom. The van der Waals surface area contributed by atoms with Gasteiger partial charge in [0.25, 0.3) is 0 Å². The van der Waals surface area contributed by atoms with Gasteiger partial charge in [0, 0.05) is 76.6 Å². The molecule has 9 heteroatoms. The highest BCUT2D eigenvalue weighted by Crippen LogP contribution is 2.66. The molecule has 2 fully saturated rings. The van der Waals surface area contributed by atoms with Gasteiger partial charge in [-0.25, -0.2) is 0 Å². The molecule has 4 aliphatic rings. The van der Waals surface area contributed by atoms with E-state index in [2.05, 4.69) is 230 Å². The van der Waals surface area contributed by atoms with Crippen molar-refractivity contribution in [3.8, 4) is 22.3 Å². The summed E-state index contributed by atoms with van der Waals surface area (Å²) in [7, 11) is 0. The fraction of sp³-hybridized carbons (Fsp3) is 0.316. The van der Waals surface area contributed by atoms with Crippen LogP contribution < -0.4 is 9.80 Å². The zero-order valence-corrected chi connectivity index (χ0v) is 51.0. The molecule has 0 unspecified atom stereocenters. The number of rotatable bonds is 28. The van der Waals surface area contributed by atoms with Crippen molar-refractivity contribution in [2.75, 3.05) is 75.9 Å². The second-order valence-corrected chi connectivity index (χ2v) is 24.9. The molecular weight excluding hydrogens is 1090 g/mol. The fourth-order valence-corrected chi connectivity index (χ4v) is 14.0. The number of hydrogen-bond acceptors (Lipinski definition) is 9. The van der Waals surface area contributed by atoms with Crippen LogP contribution in [0.5, 0.6) is 0 Å². The minimum absolute atomic E-state index is 0.231. The van der Waals surface area contributed by atoms with E-state index in [0.717, 1.165) is 189 Å². The molecule has 9 nitrogen and oxygen atoms in total. The number of para-hydroxylation sites is 3. The lowest BCUT2D eigenvalue weighted by Crippen LogP contribution is -2.45. The van der Waals surface area contributed by atoms with Crippen molar-refractivity contribution >= 4 is 56.1 Å². The molecule has 0 saturated carbocycles. The summed E-state index contributed by atoms with van der Waals surface area (Å²) in [6.45, 7) is 13.5. The summed E-state index contributed by atoms with van der Waals surface area (Å²) >= 11 is 0. The molecule has 2 aliphatic heterocycles. The Morgan fingerprint density at radius 2 is 0.864 bits per heavy atom. The van der Waals surface area contributed by atoms with E-state index < -0.39 is 5.41 Å². The highest BCUT2D eigenvalue weighted by atomic mass is 16.5. The van der Waals surface area contributed by atoms with E-state index in [1.807, 2.05) is 0 Å². The molecule has 0 atom stereocenters. The Balaban J connectivity index is 0.797. The molecule has 10 aromatic rings. The smallest absolute Gasteiger partial charge is 0.145 e. The predicted molar refractivity (Wildman–Crippen MR) is 355 cm³/mol. The van der Waals surface area contributed by atoms with Gasteiger partial charge < -0.3 is 42.6 Å². The van der Waals surface area contributed by atoms with Gasteiger partial charge in [0.2, 0.25) is 0 Å². The second kappa shape index (κ2) is 25.7. The first-order chi connectivity index (χ1) is 43.5. The van der Waals surface area contributed by atoms with Crippen LogP contribution >= 0.6 is 0 Å². The number of nitrogens with zero attached hydrogens (tertiary/aromatic N) is 2. The second-order valence-electron chi connectivity index (χ2n) is 24.9. The molecule has 1 aromatic heterocycles. The average Bonchev–Trinajstić information content (AvgIpc) is 1.50. The largest absolute Gasteiger partial charge is 0.455 e. The van der Waals surface area contributed by atoms with E-state index in [1.54, 1.807) is 0 Å². The van der Waals surface area contributed by atoms with Gasteiger partial charge in [0.15, 0.2) is 0 Å². The van der Waals surface area contributed by atoms with Crippen LogP contribution in [0, 0.1) is 10.8 Å². The number of ether oxygens (including phenoxy) is 6. The topological polar surface area (TPSA) is 75.0 Å². The molecule has 3 heterocycles. The molecule has 9 aromatic carbocycles. The van der Waals surface area contributed by atoms with Gasteiger partial charge in [0.05, 0.1) is 69.3 Å². The first-order valence-corrected chi connectivity index (χ1v) is 32.2. The minimum atomic E-state index is -0.713. The first-order valence-electron chi connectivity index (χ1n) is 32.2. The van der Waals surface area contributed by atoms with Crippen molar-refractivity contribution < 1.29 is 32.8 Å². The molecule has 2 saturated heterocycles. The first kappa shape index (κ1) is 57.9. The third-order valence-electron chi connectivity index (χ3n) is 19.2. The fourth-order valence-electron chi connectivity index (χ4n) is 14.0. The van der Waals surface area contributed by atoms with E-state index in [1.165, 1.54) is 33.4 Å². The zero-order valence-electron chi connectivity index (χ0n) is 51.0. The molecule has 448 valence electrons. The van der Waals surface area contributed by atoms with E-state index in [-0.39, 0.29) is 10.8 Å². The van der Waals surface area contributed by atoms with Gasteiger partial charge in [-0.15, -0.1) is 0 Å². The van der Waals surface area contributed by atoms with Crippen molar-refractivity contribution in [1.82, 2.24) is 0 Å². The van der Waals surface area contributed by atoms with Crippen molar-refractivity contribution in [3.63, 3.8) is 0 Å². The Kier molecular flexibility index (Phi) is 16.9. The Bertz CT molecular complexity index is 3940. The van der Waals surface area contributed by atoms with Crippen LogP contribution in [-0.4, -0.2) is 66.1 Å². The molecule has 1 spiro atoms. The maximum Gasteiger partial charge on any atom is 0.145 e. The lowest BCUT2D eigenvalue weighted by atomic mass is 9.70. The molecule has 0 bridgehead atoms. The normalized spacial score (nSPS) is 15.4. The number of anilines is 6. The molecule has 2 aliphatic carbocycles. The van der Waals surface area contributed by atoms with Gasteiger partial charge in [-0.1, -0.05) is 147 Å². The van der Waals surface area contributed by atoms with Gasteiger partial charge in [-0.05, 0) is 174 Å². The number of unbranched alkanes of at least 4 members (excludes halogenated alkanes) is 4. The van der Waals surface area contributed by atoms with Crippen LogP contribution in [0.1, 0.15) is 98.6 Å². The summed E-state index contributed by atoms with van der Waals surface area (Å²) in [5.74, 6) is 0. The van der Waals surface area contributed by atoms with Crippen molar-refractivity contribution in [2.24, 2.45) is 10.8 Å². The SMILES string of the molecule is CCC1(COCCCCCOCc2ccc(N(c3ccccc3)c3ccc4c(c3)C3(c5ccccc5-c5ccccc53)c3cc(N(c5ccccc5)c5ccc(COCCCCCOCC6(CC)COC6)cc5)c5c(oc6ccccc65)c3-4)cc2)COC1. The highest BCUT2D eigenvalue weighted by Gasteiger charge is 2.53. The van der Waals surface area contributed by atoms with Gasteiger partial charge in [-0.2, -0.15) is 0 Å². The summed E-state index contributed by atoms with van der Waals surface area (Å²) in [5, 5.41) is 2.15. The molecule has 0 amide bonds.